The lowest BCUT2D eigenvalue weighted by molar-refractivity contribution is -0.139. The predicted molar refractivity (Wildman–Crippen MR) is 108 cm³/mol. The van der Waals surface area contributed by atoms with Gasteiger partial charge >= 0.3 is 11.8 Å². The van der Waals surface area contributed by atoms with E-state index in [2.05, 4.69) is 45.7 Å². The summed E-state index contributed by atoms with van der Waals surface area (Å²) < 4.78 is 0. The van der Waals surface area contributed by atoms with E-state index in [1.807, 2.05) is 6.92 Å². The molecule has 0 saturated carbocycles. The van der Waals surface area contributed by atoms with Crippen LogP contribution >= 0.6 is 0 Å². The van der Waals surface area contributed by atoms with Crippen LogP contribution in [0.1, 0.15) is 49.8 Å². The SMILES string of the molecule is CCCNC(=O)C(=O)NC[C@@H](c1ccc2c(c1)CCN2C)N1CCCCC1. The average molecular weight is 373 g/mol. The van der Waals surface area contributed by atoms with E-state index in [9.17, 15) is 9.59 Å². The Bertz CT molecular complexity index is 670. The van der Waals surface area contributed by atoms with Gasteiger partial charge in [-0.1, -0.05) is 25.5 Å². The van der Waals surface area contributed by atoms with Crippen LogP contribution in [0.5, 0.6) is 0 Å². The van der Waals surface area contributed by atoms with E-state index in [4.69, 9.17) is 0 Å². The van der Waals surface area contributed by atoms with Gasteiger partial charge < -0.3 is 15.5 Å². The summed E-state index contributed by atoms with van der Waals surface area (Å²) in [5.74, 6) is -1.07. The molecule has 6 heteroatoms. The summed E-state index contributed by atoms with van der Waals surface area (Å²) in [6.07, 6.45) is 5.53. The molecule has 2 N–H and O–H groups in total. The van der Waals surface area contributed by atoms with Crippen LogP contribution in [0, 0.1) is 0 Å². The topological polar surface area (TPSA) is 64.7 Å². The number of nitrogens with one attached hydrogen (secondary N) is 2. The van der Waals surface area contributed by atoms with Crippen molar-refractivity contribution in [2.75, 3.05) is 44.7 Å². The van der Waals surface area contributed by atoms with E-state index in [0.29, 0.717) is 13.1 Å². The summed E-state index contributed by atoms with van der Waals surface area (Å²) in [5.41, 5.74) is 3.92. The second kappa shape index (κ2) is 9.22. The highest BCUT2D eigenvalue weighted by Gasteiger charge is 2.26. The molecule has 1 aromatic rings. The fraction of sp³-hybridized carbons (Fsp3) is 0.619. The minimum atomic E-state index is -0.537. The summed E-state index contributed by atoms with van der Waals surface area (Å²) in [4.78, 5) is 28.8. The second-order valence-corrected chi connectivity index (χ2v) is 7.64. The van der Waals surface area contributed by atoms with Crippen LogP contribution in [0.25, 0.3) is 0 Å². The van der Waals surface area contributed by atoms with Crippen molar-refractivity contribution in [1.29, 1.82) is 0 Å². The van der Waals surface area contributed by atoms with Crippen molar-refractivity contribution < 1.29 is 9.59 Å². The van der Waals surface area contributed by atoms with Crippen LogP contribution in [-0.2, 0) is 16.0 Å². The fourth-order valence-corrected chi connectivity index (χ4v) is 4.07. The molecule has 6 nitrogen and oxygen atoms in total. The molecule has 0 unspecified atom stereocenters. The maximum absolute atomic E-state index is 12.1. The first-order valence-electron chi connectivity index (χ1n) is 10.2. The zero-order valence-electron chi connectivity index (χ0n) is 16.6. The molecule has 1 saturated heterocycles. The number of amides is 2. The molecular weight excluding hydrogens is 340 g/mol. The standard InChI is InChI=1S/C21H32N4O2/c1-3-10-22-20(26)21(27)23-15-19(25-11-5-4-6-12-25)16-7-8-18-17(14-16)9-13-24(18)2/h7-8,14,19H,3-6,9-13,15H2,1-2H3,(H,22,26)(H,23,27)/t19-/m0/s1. The zero-order chi connectivity index (χ0) is 19.2. The Kier molecular flexibility index (Phi) is 6.72. The third-order valence-corrected chi connectivity index (χ3v) is 5.65. The first kappa shape index (κ1) is 19.7. The van der Waals surface area contributed by atoms with Gasteiger partial charge in [0.1, 0.15) is 0 Å². The highest BCUT2D eigenvalue weighted by molar-refractivity contribution is 6.35. The molecule has 1 aromatic carbocycles. The van der Waals surface area contributed by atoms with Crippen molar-refractivity contribution in [2.24, 2.45) is 0 Å². The van der Waals surface area contributed by atoms with Gasteiger partial charge in [0, 0.05) is 32.4 Å². The number of hydrogen-bond donors (Lipinski definition) is 2. The number of anilines is 1. The molecule has 0 spiro atoms. The van der Waals surface area contributed by atoms with Crippen LogP contribution < -0.4 is 15.5 Å². The number of nitrogens with zero attached hydrogens (tertiary/aromatic N) is 2. The van der Waals surface area contributed by atoms with Crippen molar-refractivity contribution in [3.05, 3.63) is 29.3 Å². The number of carbonyl (C=O) groups is 2. The molecule has 27 heavy (non-hydrogen) atoms. The molecule has 1 fully saturated rings. The third kappa shape index (κ3) is 4.80. The molecule has 148 valence electrons. The fourth-order valence-electron chi connectivity index (χ4n) is 4.07. The minimum absolute atomic E-state index is 0.115. The van der Waals surface area contributed by atoms with Gasteiger partial charge in [-0.15, -0.1) is 0 Å². The normalized spacial score (nSPS) is 18.1. The van der Waals surface area contributed by atoms with Gasteiger partial charge in [-0.25, -0.2) is 0 Å². The maximum atomic E-state index is 12.1. The average Bonchev–Trinajstić information content (AvgIpc) is 3.07. The van der Waals surface area contributed by atoms with E-state index < -0.39 is 11.8 Å². The maximum Gasteiger partial charge on any atom is 0.309 e. The van der Waals surface area contributed by atoms with Gasteiger partial charge in [-0.2, -0.15) is 0 Å². The predicted octanol–water partition coefficient (Wildman–Crippen LogP) is 1.85. The molecule has 2 aliphatic rings. The Morgan fingerprint density at radius 1 is 1.07 bits per heavy atom. The van der Waals surface area contributed by atoms with Gasteiger partial charge in [0.2, 0.25) is 0 Å². The van der Waals surface area contributed by atoms with Gasteiger partial charge in [0.05, 0.1) is 6.04 Å². The van der Waals surface area contributed by atoms with E-state index >= 15 is 0 Å². The summed E-state index contributed by atoms with van der Waals surface area (Å²) >= 11 is 0. The number of piperidine rings is 1. The molecule has 0 bridgehead atoms. The summed E-state index contributed by atoms with van der Waals surface area (Å²) in [5, 5.41) is 5.50. The van der Waals surface area contributed by atoms with Crippen molar-refractivity contribution in [3.8, 4) is 0 Å². The largest absolute Gasteiger partial charge is 0.374 e. The Labute approximate surface area is 162 Å². The van der Waals surface area contributed by atoms with Crippen LogP contribution in [0.2, 0.25) is 0 Å². The summed E-state index contributed by atoms with van der Waals surface area (Å²) in [6, 6.07) is 6.79. The van der Waals surface area contributed by atoms with Crippen molar-refractivity contribution >= 4 is 17.5 Å². The highest BCUT2D eigenvalue weighted by Crippen LogP contribution is 2.32. The van der Waals surface area contributed by atoms with Crippen LogP contribution in [0.3, 0.4) is 0 Å². The lowest BCUT2D eigenvalue weighted by atomic mass is 9.98. The number of likely N-dealkylation sites (N-methyl/N-ethyl adjacent to an activating group) is 1. The van der Waals surface area contributed by atoms with Gasteiger partial charge in [-0.3, -0.25) is 14.5 Å². The molecule has 3 rings (SSSR count). The Morgan fingerprint density at radius 2 is 1.81 bits per heavy atom. The first-order chi connectivity index (χ1) is 13.1. The molecule has 0 aromatic heterocycles. The third-order valence-electron chi connectivity index (χ3n) is 5.65. The van der Waals surface area contributed by atoms with E-state index in [1.165, 1.54) is 36.1 Å². The molecule has 2 amide bonds. The molecule has 0 radical (unpaired) electrons. The molecule has 1 atom stereocenters. The van der Waals surface area contributed by atoms with Crippen molar-refractivity contribution in [3.63, 3.8) is 0 Å². The zero-order valence-corrected chi connectivity index (χ0v) is 16.6. The van der Waals surface area contributed by atoms with Crippen LogP contribution in [-0.4, -0.2) is 56.5 Å². The summed E-state index contributed by atoms with van der Waals surface area (Å²) in [7, 11) is 2.13. The second-order valence-electron chi connectivity index (χ2n) is 7.64. The van der Waals surface area contributed by atoms with Crippen LogP contribution in [0.15, 0.2) is 18.2 Å². The van der Waals surface area contributed by atoms with Crippen molar-refractivity contribution in [1.82, 2.24) is 15.5 Å². The lowest BCUT2D eigenvalue weighted by Gasteiger charge is -2.35. The van der Waals surface area contributed by atoms with Crippen molar-refractivity contribution in [2.45, 2.75) is 45.1 Å². The monoisotopic (exact) mass is 372 g/mol. The quantitative estimate of drug-likeness (QED) is 0.748. The number of likely N-dealkylation sites (tertiary alicyclic amines) is 1. The Hall–Kier alpha value is -2.08. The number of fused-ring (bicyclic) bond motifs is 1. The molecule has 0 aliphatic carbocycles. The first-order valence-corrected chi connectivity index (χ1v) is 10.2. The Balaban J connectivity index is 1.72. The lowest BCUT2D eigenvalue weighted by Crippen LogP contribution is -2.45. The smallest absolute Gasteiger partial charge is 0.309 e. The van der Waals surface area contributed by atoms with E-state index in [0.717, 1.165) is 32.5 Å². The number of benzene rings is 1. The number of rotatable bonds is 6. The van der Waals surface area contributed by atoms with Crippen LogP contribution in [0.4, 0.5) is 5.69 Å². The minimum Gasteiger partial charge on any atom is -0.374 e. The molecule has 2 heterocycles. The highest BCUT2D eigenvalue weighted by atomic mass is 16.2. The Morgan fingerprint density at radius 3 is 2.56 bits per heavy atom. The molecular formula is C21H32N4O2. The van der Waals surface area contributed by atoms with Gasteiger partial charge in [0.25, 0.3) is 0 Å². The number of hydrogen-bond acceptors (Lipinski definition) is 4. The summed E-state index contributed by atoms with van der Waals surface area (Å²) in [6.45, 7) is 6.10. The van der Waals surface area contributed by atoms with Gasteiger partial charge in [-0.05, 0) is 56.0 Å². The van der Waals surface area contributed by atoms with E-state index in [-0.39, 0.29) is 6.04 Å². The van der Waals surface area contributed by atoms with Gasteiger partial charge in [0.15, 0.2) is 0 Å². The number of carbonyl (C=O) groups excluding carboxylic acids is 2. The molecule has 2 aliphatic heterocycles. The van der Waals surface area contributed by atoms with E-state index in [1.54, 1.807) is 0 Å².